The molecule has 1 atom stereocenters. The molecule has 1 saturated heterocycles. The van der Waals surface area contributed by atoms with Gasteiger partial charge in [0.1, 0.15) is 0 Å². The van der Waals surface area contributed by atoms with Crippen LogP contribution in [0.5, 0.6) is 11.5 Å². The summed E-state index contributed by atoms with van der Waals surface area (Å²) in [7, 11) is 2.14. The zero-order chi connectivity index (χ0) is 13.1. The van der Waals surface area contributed by atoms with Crippen LogP contribution in [0.25, 0.3) is 0 Å². The summed E-state index contributed by atoms with van der Waals surface area (Å²) in [5, 5.41) is 18.9. The number of hydrogen-bond acceptors (Lipinski definition) is 4. The highest BCUT2D eigenvalue weighted by molar-refractivity contribution is 5.42. The molecule has 1 aliphatic heterocycles. The maximum Gasteiger partial charge on any atom is 0.157 e. The van der Waals surface area contributed by atoms with Gasteiger partial charge in [0.15, 0.2) is 11.5 Å². The number of benzene rings is 1. The number of phenols is 2. The van der Waals surface area contributed by atoms with Gasteiger partial charge in [0.25, 0.3) is 0 Å². The van der Waals surface area contributed by atoms with Crippen LogP contribution in [-0.4, -0.2) is 41.8 Å². The lowest BCUT2D eigenvalue weighted by molar-refractivity contribution is 0.199. The number of piperidine rings is 1. The summed E-state index contributed by atoms with van der Waals surface area (Å²) in [6.45, 7) is 2.79. The van der Waals surface area contributed by atoms with Gasteiger partial charge >= 0.3 is 0 Å². The van der Waals surface area contributed by atoms with Crippen LogP contribution in [0.1, 0.15) is 24.3 Å². The van der Waals surface area contributed by atoms with Crippen molar-refractivity contribution < 1.29 is 10.2 Å². The molecule has 1 fully saturated rings. The van der Waals surface area contributed by atoms with Gasteiger partial charge in [-0.3, -0.25) is 0 Å². The molecule has 0 radical (unpaired) electrons. The summed E-state index contributed by atoms with van der Waals surface area (Å²) in [5.74, 6) is 0.706. The quantitative estimate of drug-likeness (QED) is 0.711. The van der Waals surface area contributed by atoms with Crippen molar-refractivity contribution >= 4 is 0 Å². The number of phenolic OH excluding ortho intramolecular Hbond substituents is 2. The number of likely N-dealkylation sites (tertiary alicyclic amines) is 1. The molecule has 100 valence electrons. The second-order valence-corrected chi connectivity index (χ2v) is 5.23. The Morgan fingerprint density at radius 1 is 1.28 bits per heavy atom. The first-order valence-electron chi connectivity index (χ1n) is 6.52. The van der Waals surface area contributed by atoms with Gasteiger partial charge in [0.05, 0.1) is 0 Å². The van der Waals surface area contributed by atoms with Crippen molar-refractivity contribution in [3.63, 3.8) is 0 Å². The fourth-order valence-corrected chi connectivity index (χ4v) is 2.80. The number of hydrogen-bond donors (Lipinski definition) is 3. The van der Waals surface area contributed by atoms with Crippen LogP contribution < -0.4 is 5.73 Å². The standard InChI is InChI=1S/C14H22N2O2/c1-16-6-4-10(5-7-16)12(9-15)11-2-3-13(17)14(18)8-11/h2-3,8,10,12,17-18H,4-7,9,15H2,1H3. The van der Waals surface area contributed by atoms with Crippen LogP contribution in [0.15, 0.2) is 18.2 Å². The van der Waals surface area contributed by atoms with Gasteiger partial charge in [0, 0.05) is 0 Å². The summed E-state index contributed by atoms with van der Waals surface area (Å²) < 4.78 is 0. The first-order chi connectivity index (χ1) is 8.61. The molecule has 18 heavy (non-hydrogen) atoms. The van der Waals surface area contributed by atoms with Crippen molar-refractivity contribution in [2.75, 3.05) is 26.7 Å². The monoisotopic (exact) mass is 250 g/mol. The van der Waals surface area contributed by atoms with Crippen LogP contribution >= 0.6 is 0 Å². The Hall–Kier alpha value is -1.26. The van der Waals surface area contributed by atoms with Crippen molar-refractivity contribution in [3.05, 3.63) is 23.8 Å². The van der Waals surface area contributed by atoms with E-state index in [4.69, 9.17) is 5.73 Å². The molecule has 0 aliphatic carbocycles. The SMILES string of the molecule is CN1CCC(C(CN)c2ccc(O)c(O)c2)CC1. The summed E-state index contributed by atoms with van der Waals surface area (Å²) in [5.41, 5.74) is 6.93. The molecule has 4 nitrogen and oxygen atoms in total. The molecule has 0 amide bonds. The van der Waals surface area contributed by atoms with Crippen LogP contribution in [0.3, 0.4) is 0 Å². The highest BCUT2D eigenvalue weighted by atomic mass is 16.3. The molecule has 1 aromatic carbocycles. The van der Waals surface area contributed by atoms with E-state index >= 15 is 0 Å². The molecule has 1 aliphatic rings. The Bertz CT molecular complexity index is 401. The molecule has 4 heteroatoms. The van der Waals surface area contributed by atoms with E-state index in [-0.39, 0.29) is 17.4 Å². The maximum absolute atomic E-state index is 9.59. The minimum absolute atomic E-state index is 0.0566. The molecular formula is C14H22N2O2. The van der Waals surface area contributed by atoms with Crippen LogP contribution in [-0.2, 0) is 0 Å². The number of aromatic hydroxyl groups is 2. The lowest BCUT2D eigenvalue weighted by Crippen LogP contribution is -2.34. The normalized spacial score (nSPS) is 19.9. The Kier molecular flexibility index (Phi) is 4.09. The Labute approximate surface area is 108 Å². The van der Waals surface area contributed by atoms with E-state index in [0.29, 0.717) is 12.5 Å². The number of nitrogens with zero attached hydrogens (tertiary/aromatic N) is 1. The van der Waals surface area contributed by atoms with Gasteiger partial charge in [-0.25, -0.2) is 0 Å². The number of nitrogens with two attached hydrogens (primary N) is 1. The first-order valence-corrected chi connectivity index (χ1v) is 6.52. The molecular weight excluding hydrogens is 228 g/mol. The summed E-state index contributed by atoms with van der Waals surface area (Å²) in [6.07, 6.45) is 2.28. The Morgan fingerprint density at radius 3 is 2.50 bits per heavy atom. The van der Waals surface area contributed by atoms with Crippen molar-refractivity contribution in [1.82, 2.24) is 4.90 Å². The Balaban J connectivity index is 2.14. The van der Waals surface area contributed by atoms with Crippen molar-refractivity contribution in [3.8, 4) is 11.5 Å². The zero-order valence-corrected chi connectivity index (χ0v) is 10.8. The maximum atomic E-state index is 9.59. The topological polar surface area (TPSA) is 69.7 Å². The summed E-state index contributed by atoms with van der Waals surface area (Å²) in [4.78, 5) is 2.33. The average Bonchev–Trinajstić information content (AvgIpc) is 2.37. The van der Waals surface area contributed by atoms with E-state index in [1.54, 1.807) is 12.1 Å². The predicted molar refractivity (Wildman–Crippen MR) is 71.8 cm³/mol. The fraction of sp³-hybridized carbons (Fsp3) is 0.571. The van der Waals surface area contributed by atoms with Gasteiger partial charge < -0.3 is 20.8 Å². The molecule has 0 saturated carbocycles. The molecule has 0 spiro atoms. The van der Waals surface area contributed by atoms with Gasteiger partial charge in [-0.05, 0) is 69.1 Å². The van der Waals surface area contributed by atoms with E-state index in [9.17, 15) is 10.2 Å². The minimum Gasteiger partial charge on any atom is -0.504 e. The third-order valence-electron chi connectivity index (χ3n) is 4.01. The van der Waals surface area contributed by atoms with E-state index in [2.05, 4.69) is 11.9 Å². The molecule has 1 unspecified atom stereocenters. The second-order valence-electron chi connectivity index (χ2n) is 5.23. The van der Waals surface area contributed by atoms with Crippen LogP contribution in [0.4, 0.5) is 0 Å². The van der Waals surface area contributed by atoms with E-state index in [0.717, 1.165) is 31.5 Å². The summed E-state index contributed by atoms with van der Waals surface area (Å²) >= 11 is 0. The van der Waals surface area contributed by atoms with Crippen LogP contribution in [0.2, 0.25) is 0 Å². The first kappa shape index (κ1) is 13.2. The second kappa shape index (κ2) is 5.59. The molecule has 0 bridgehead atoms. The lowest BCUT2D eigenvalue weighted by atomic mass is 9.80. The lowest BCUT2D eigenvalue weighted by Gasteiger charge is -2.34. The van der Waals surface area contributed by atoms with Gasteiger partial charge in [-0.2, -0.15) is 0 Å². The molecule has 1 aromatic rings. The minimum atomic E-state index is -0.0714. The molecule has 2 rings (SSSR count). The average molecular weight is 250 g/mol. The highest BCUT2D eigenvalue weighted by Crippen LogP contribution is 2.35. The highest BCUT2D eigenvalue weighted by Gasteiger charge is 2.26. The third kappa shape index (κ3) is 2.76. The smallest absolute Gasteiger partial charge is 0.157 e. The fourth-order valence-electron chi connectivity index (χ4n) is 2.80. The Morgan fingerprint density at radius 2 is 1.94 bits per heavy atom. The van der Waals surface area contributed by atoms with Crippen molar-refractivity contribution in [2.24, 2.45) is 11.7 Å². The van der Waals surface area contributed by atoms with Crippen molar-refractivity contribution in [1.29, 1.82) is 0 Å². The molecule has 0 aromatic heterocycles. The van der Waals surface area contributed by atoms with Crippen LogP contribution in [0, 0.1) is 5.92 Å². The molecule has 4 N–H and O–H groups in total. The van der Waals surface area contributed by atoms with Crippen molar-refractivity contribution in [2.45, 2.75) is 18.8 Å². The predicted octanol–water partition coefficient (Wildman–Crippen LogP) is 1.48. The largest absolute Gasteiger partial charge is 0.504 e. The van der Waals surface area contributed by atoms with E-state index < -0.39 is 0 Å². The van der Waals surface area contributed by atoms with E-state index in [1.165, 1.54) is 0 Å². The van der Waals surface area contributed by atoms with Gasteiger partial charge in [-0.1, -0.05) is 6.07 Å². The van der Waals surface area contributed by atoms with Gasteiger partial charge in [0.2, 0.25) is 0 Å². The molecule has 1 heterocycles. The zero-order valence-electron chi connectivity index (χ0n) is 10.8. The number of rotatable bonds is 3. The third-order valence-corrected chi connectivity index (χ3v) is 4.01. The summed E-state index contributed by atoms with van der Waals surface area (Å²) in [6, 6.07) is 5.05. The van der Waals surface area contributed by atoms with E-state index in [1.807, 2.05) is 6.07 Å². The van der Waals surface area contributed by atoms with Gasteiger partial charge in [-0.15, -0.1) is 0 Å².